The van der Waals surface area contributed by atoms with Crippen LogP contribution in [0.3, 0.4) is 0 Å². The van der Waals surface area contributed by atoms with Crippen LogP contribution >= 0.6 is 0 Å². The predicted octanol–water partition coefficient (Wildman–Crippen LogP) is 6.41. The minimum absolute atomic E-state index is 0.0346. The van der Waals surface area contributed by atoms with Crippen LogP contribution in [0.25, 0.3) is 0 Å². The monoisotopic (exact) mass is 564 g/mol. The highest BCUT2D eigenvalue weighted by Gasteiger charge is 2.37. The van der Waals surface area contributed by atoms with E-state index in [0.717, 1.165) is 53.8 Å². The van der Waals surface area contributed by atoms with Crippen LogP contribution in [0.1, 0.15) is 75.2 Å². The van der Waals surface area contributed by atoms with Crippen molar-refractivity contribution in [2.75, 3.05) is 38.7 Å². The van der Waals surface area contributed by atoms with Crippen molar-refractivity contribution in [3.8, 4) is 5.75 Å². The van der Waals surface area contributed by atoms with Crippen LogP contribution in [0.5, 0.6) is 5.75 Å². The summed E-state index contributed by atoms with van der Waals surface area (Å²) in [6.45, 7) is 11.4. The fourth-order valence-electron chi connectivity index (χ4n) is 5.42. The summed E-state index contributed by atoms with van der Waals surface area (Å²) in [6, 6.07) is 14.3. The minimum atomic E-state index is -0.582. The van der Waals surface area contributed by atoms with Gasteiger partial charge in [0.05, 0.1) is 18.8 Å². The van der Waals surface area contributed by atoms with Crippen molar-refractivity contribution >= 4 is 17.7 Å². The molecular formula is C33H44N2O6. The molecule has 41 heavy (non-hydrogen) atoms. The summed E-state index contributed by atoms with van der Waals surface area (Å²) in [5.74, 6) is 0.891. The molecule has 1 fully saturated rings. The third kappa shape index (κ3) is 8.57. The fourth-order valence-corrected chi connectivity index (χ4v) is 5.42. The van der Waals surface area contributed by atoms with E-state index in [1.807, 2.05) is 39.0 Å². The van der Waals surface area contributed by atoms with Gasteiger partial charge in [0.15, 0.2) is 0 Å². The van der Waals surface area contributed by atoms with Gasteiger partial charge in [0, 0.05) is 38.3 Å². The zero-order chi connectivity index (χ0) is 29.4. The Hall–Kier alpha value is -3.36. The van der Waals surface area contributed by atoms with Crippen molar-refractivity contribution in [1.29, 1.82) is 0 Å². The smallest absolute Gasteiger partial charge is 0.410 e. The SMILES string of the molecule is C=CCOc1ccc(C2CCN(C(=O)OC(C)(C)C)CC2OC(CCCOC)c2ccc3c(c2)NC(=O)CC3)cc1. The number of hydrogen-bond donors (Lipinski definition) is 1. The van der Waals surface area contributed by atoms with Gasteiger partial charge in [-0.2, -0.15) is 0 Å². The van der Waals surface area contributed by atoms with Gasteiger partial charge in [-0.05, 0) is 81.3 Å². The second kappa shape index (κ2) is 14.0. The van der Waals surface area contributed by atoms with Gasteiger partial charge in [-0.3, -0.25) is 4.79 Å². The summed E-state index contributed by atoms with van der Waals surface area (Å²) >= 11 is 0. The molecule has 8 nitrogen and oxygen atoms in total. The highest BCUT2D eigenvalue weighted by Crippen LogP contribution is 2.37. The molecule has 0 radical (unpaired) electrons. The van der Waals surface area contributed by atoms with Crippen LogP contribution in [-0.4, -0.2) is 62.0 Å². The number of rotatable bonds is 11. The zero-order valence-electron chi connectivity index (χ0n) is 24.8. The Balaban J connectivity index is 1.61. The van der Waals surface area contributed by atoms with E-state index in [9.17, 15) is 9.59 Å². The summed E-state index contributed by atoms with van der Waals surface area (Å²) in [5.41, 5.74) is 3.54. The number of hydrogen-bond acceptors (Lipinski definition) is 6. The maximum Gasteiger partial charge on any atom is 0.410 e. The molecule has 3 unspecified atom stereocenters. The third-order valence-electron chi connectivity index (χ3n) is 7.44. The Labute approximate surface area is 244 Å². The Kier molecular flexibility index (Phi) is 10.5. The van der Waals surface area contributed by atoms with E-state index in [1.54, 1.807) is 18.1 Å². The Bertz CT molecular complexity index is 1190. The molecule has 2 heterocycles. The molecular weight excluding hydrogens is 520 g/mol. The van der Waals surface area contributed by atoms with Crippen molar-refractivity contribution in [3.63, 3.8) is 0 Å². The topological polar surface area (TPSA) is 86.3 Å². The van der Waals surface area contributed by atoms with Gasteiger partial charge in [0.25, 0.3) is 0 Å². The maximum absolute atomic E-state index is 13.1. The quantitative estimate of drug-likeness (QED) is 0.251. The number of fused-ring (bicyclic) bond motifs is 1. The van der Waals surface area contributed by atoms with Crippen molar-refractivity contribution in [3.05, 3.63) is 71.8 Å². The van der Waals surface area contributed by atoms with Crippen LogP contribution in [0.4, 0.5) is 10.5 Å². The van der Waals surface area contributed by atoms with Crippen LogP contribution < -0.4 is 10.1 Å². The van der Waals surface area contributed by atoms with E-state index in [0.29, 0.717) is 32.7 Å². The number of carbonyl (C=O) groups excluding carboxylic acids is 2. The summed E-state index contributed by atoms with van der Waals surface area (Å²) < 4.78 is 23.7. The molecule has 1 N–H and O–H groups in total. The first-order valence-corrected chi connectivity index (χ1v) is 14.6. The maximum atomic E-state index is 13.1. The summed E-state index contributed by atoms with van der Waals surface area (Å²) in [6.07, 6.45) is 4.41. The second-order valence-corrected chi connectivity index (χ2v) is 11.8. The number of nitrogens with one attached hydrogen (secondary N) is 1. The number of aryl methyl sites for hydroxylation is 1. The molecule has 2 aliphatic heterocycles. The number of ether oxygens (including phenoxy) is 4. The van der Waals surface area contributed by atoms with Crippen molar-refractivity contribution in [2.24, 2.45) is 0 Å². The number of carbonyl (C=O) groups is 2. The highest BCUT2D eigenvalue weighted by molar-refractivity contribution is 5.94. The Morgan fingerprint density at radius 2 is 1.95 bits per heavy atom. The van der Waals surface area contributed by atoms with Crippen molar-refractivity contribution < 1.29 is 28.5 Å². The van der Waals surface area contributed by atoms with Crippen LogP contribution in [0.2, 0.25) is 0 Å². The second-order valence-electron chi connectivity index (χ2n) is 11.8. The number of anilines is 1. The molecule has 0 aromatic heterocycles. The molecule has 2 aromatic rings. The van der Waals surface area contributed by atoms with Crippen LogP contribution in [0, 0.1) is 0 Å². The third-order valence-corrected chi connectivity index (χ3v) is 7.44. The molecule has 0 aliphatic carbocycles. The first-order valence-electron chi connectivity index (χ1n) is 14.6. The first-order chi connectivity index (χ1) is 19.7. The summed E-state index contributed by atoms with van der Waals surface area (Å²) in [7, 11) is 1.70. The Morgan fingerprint density at radius 1 is 1.17 bits per heavy atom. The molecule has 1 saturated heterocycles. The first kappa shape index (κ1) is 30.6. The number of amides is 2. The van der Waals surface area contributed by atoms with Gasteiger partial charge >= 0.3 is 6.09 Å². The largest absolute Gasteiger partial charge is 0.490 e. The molecule has 8 heteroatoms. The number of nitrogens with zero attached hydrogens (tertiary/aromatic N) is 1. The van der Waals surface area contributed by atoms with Crippen molar-refractivity contribution in [1.82, 2.24) is 4.90 Å². The van der Waals surface area contributed by atoms with E-state index in [2.05, 4.69) is 36.2 Å². The van der Waals surface area contributed by atoms with Gasteiger partial charge in [-0.15, -0.1) is 0 Å². The lowest BCUT2D eigenvalue weighted by Gasteiger charge is -2.40. The van der Waals surface area contributed by atoms with Gasteiger partial charge in [0.1, 0.15) is 18.0 Å². The average molecular weight is 565 g/mol. The summed E-state index contributed by atoms with van der Waals surface area (Å²) in [4.78, 5) is 26.9. The van der Waals surface area contributed by atoms with Crippen LogP contribution in [-0.2, 0) is 25.4 Å². The lowest BCUT2D eigenvalue weighted by molar-refractivity contribution is -0.116. The van der Waals surface area contributed by atoms with Gasteiger partial charge in [0.2, 0.25) is 5.91 Å². The van der Waals surface area contributed by atoms with Crippen LogP contribution in [0.15, 0.2) is 55.1 Å². The lowest BCUT2D eigenvalue weighted by atomic mass is 9.86. The average Bonchev–Trinajstić information content (AvgIpc) is 2.94. The normalized spacial score (nSPS) is 19.6. The molecule has 4 rings (SSSR count). The molecule has 222 valence electrons. The van der Waals surface area contributed by atoms with Gasteiger partial charge in [-0.1, -0.05) is 36.9 Å². The molecule has 0 bridgehead atoms. The minimum Gasteiger partial charge on any atom is -0.490 e. The van der Waals surface area contributed by atoms with Gasteiger partial charge < -0.3 is 29.2 Å². The fraction of sp³-hybridized carbons (Fsp3) is 0.515. The standard InChI is InChI=1S/C33H44N2O6/c1-6-19-39-26-14-11-23(12-15-26)27-17-18-35(32(37)41-33(2,3)4)22-30(27)40-29(8-7-20-38-5)25-10-9-24-13-16-31(36)34-28(24)21-25/h6,9-12,14-15,21,27,29-30H,1,7-8,13,16-20,22H2,2-5H3,(H,34,36). The lowest BCUT2D eigenvalue weighted by Crippen LogP contribution is -2.48. The number of piperidine rings is 1. The number of methoxy groups -OCH3 is 1. The molecule has 2 aromatic carbocycles. The number of benzene rings is 2. The number of likely N-dealkylation sites (tertiary alicyclic amines) is 1. The van der Waals surface area contributed by atoms with E-state index in [-0.39, 0.29) is 30.1 Å². The van der Waals surface area contributed by atoms with Gasteiger partial charge in [-0.25, -0.2) is 4.79 Å². The van der Waals surface area contributed by atoms with E-state index < -0.39 is 5.60 Å². The van der Waals surface area contributed by atoms with E-state index in [4.69, 9.17) is 18.9 Å². The highest BCUT2D eigenvalue weighted by atomic mass is 16.6. The Morgan fingerprint density at radius 3 is 2.66 bits per heavy atom. The zero-order valence-corrected chi connectivity index (χ0v) is 24.8. The molecule has 2 amide bonds. The summed E-state index contributed by atoms with van der Waals surface area (Å²) in [5, 5.41) is 3.02. The molecule has 2 aliphatic rings. The van der Waals surface area contributed by atoms with E-state index in [1.165, 1.54) is 0 Å². The predicted molar refractivity (Wildman–Crippen MR) is 159 cm³/mol. The molecule has 3 atom stereocenters. The van der Waals surface area contributed by atoms with E-state index >= 15 is 0 Å². The van der Waals surface area contributed by atoms with Crippen molar-refractivity contribution in [2.45, 2.75) is 76.6 Å². The molecule has 0 saturated carbocycles. The molecule has 0 spiro atoms.